The van der Waals surface area contributed by atoms with E-state index in [1.165, 1.54) is 19.3 Å². The molecule has 1 unspecified atom stereocenters. The minimum absolute atomic E-state index is 0.428. The van der Waals surface area contributed by atoms with Crippen molar-refractivity contribution < 1.29 is 0 Å². The Kier molecular flexibility index (Phi) is 3.87. The first-order valence-electron chi connectivity index (χ1n) is 6.42. The second-order valence-corrected chi connectivity index (χ2v) is 5.31. The summed E-state index contributed by atoms with van der Waals surface area (Å²) in [5.41, 5.74) is 0.957. The molecule has 94 valence electrons. The zero-order chi connectivity index (χ0) is 12.4. The summed E-state index contributed by atoms with van der Waals surface area (Å²) in [6.07, 6.45) is 4.70. The summed E-state index contributed by atoms with van der Waals surface area (Å²) in [6, 6.07) is 0.428. The van der Waals surface area contributed by atoms with Gasteiger partial charge in [0.15, 0.2) is 0 Å². The molecule has 1 aromatic rings. The van der Waals surface area contributed by atoms with Crippen LogP contribution in [0.25, 0.3) is 0 Å². The minimum atomic E-state index is 0.428. The Morgan fingerprint density at radius 2 is 2.12 bits per heavy atom. The van der Waals surface area contributed by atoms with Gasteiger partial charge in [0.05, 0.1) is 0 Å². The Hall–Kier alpha value is -0.830. The van der Waals surface area contributed by atoms with Crippen LogP contribution in [-0.2, 0) is 0 Å². The van der Waals surface area contributed by atoms with Gasteiger partial charge in [0, 0.05) is 17.5 Å². The van der Waals surface area contributed by atoms with Crippen LogP contribution in [0.15, 0.2) is 0 Å². The Labute approximate surface area is 108 Å². The van der Waals surface area contributed by atoms with E-state index in [1.807, 2.05) is 6.92 Å². The van der Waals surface area contributed by atoms with Crippen molar-refractivity contribution in [2.75, 3.05) is 5.32 Å². The van der Waals surface area contributed by atoms with E-state index < -0.39 is 0 Å². The number of hydrogen-bond acceptors (Lipinski definition) is 3. The number of rotatable bonds is 5. The van der Waals surface area contributed by atoms with E-state index >= 15 is 0 Å². The average Bonchev–Trinajstić information content (AvgIpc) is 3.08. The molecule has 3 nitrogen and oxygen atoms in total. The molecule has 0 bridgehead atoms. The van der Waals surface area contributed by atoms with Crippen molar-refractivity contribution >= 4 is 17.4 Å². The lowest BCUT2D eigenvalue weighted by molar-refractivity contribution is 0.685. The molecule has 0 aromatic carbocycles. The molecule has 1 saturated carbocycles. The van der Waals surface area contributed by atoms with E-state index in [0.717, 1.165) is 23.6 Å². The van der Waals surface area contributed by atoms with Crippen LogP contribution in [0, 0.1) is 6.92 Å². The highest BCUT2D eigenvalue weighted by Crippen LogP contribution is 2.39. The largest absolute Gasteiger partial charge is 0.367 e. The van der Waals surface area contributed by atoms with Gasteiger partial charge in [-0.05, 0) is 33.1 Å². The molecule has 1 heterocycles. The number of nitrogens with one attached hydrogen (secondary N) is 1. The maximum absolute atomic E-state index is 6.16. The van der Waals surface area contributed by atoms with E-state index in [1.54, 1.807) is 0 Å². The minimum Gasteiger partial charge on any atom is -0.367 e. The van der Waals surface area contributed by atoms with Gasteiger partial charge < -0.3 is 5.32 Å². The van der Waals surface area contributed by atoms with Crippen molar-refractivity contribution in [3.05, 3.63) is 16.5 Å². The summed E-state index contributed by atoms with van der Waals surface area (Å²) in [6.45, 7) is 6.34. The van der Waals surface area contributed by atoms with E-state index in [4.69, 9.17) is 11.6 Å². The van der Waals surface area contributed by atoms with Crippen LogP contribution in [-0.4, -0.2) is 16.0 Å². The van der Waals surface area contributed by atoms with E-state index in [2.05, 4.69) is 29.1 Å². The van der Waals surface area contributed by atoms with Gasteiger partial charge in [-0.15, -0.1) is 0 Å². The second-order valence-electron chi connectivity index (χ2n) is 4.95. The Balaban J connectivity index is 2.19. The Bertz CT molecular complexity index is 402. The fourth-order valence-corrected chi connectivity index (χ4v) is 2.08. The molecule has 0 amide bonds. The lowest BCUT2D eigenvalue weighted by Crippen LogP contribution is -2.17. The molecule has 1 aliphatic carbocycles. The summed E-state index contributed by atoms with van der Waals surface area (Å²) in [4.78, 5) is 8.97. The van der Waals surface area contributed by atoms with Gasteiger partial charge in [0.25, 0.3) is 0 Å². The lowest BCUT2D eigenvalue weighted by Gasteiger charge is -2.16. The topological polar surface area (TPSA) is 37.8 Å². The second kappa shape index (κ2) is 5.21. The summed E-state index contributed by atoms with van der Waals surface area (Å²) >= 11 is 6.16. The number of hydrogen-bond donors (Lipinski definition) is 1. The van der Waals surface area contributed by atoms with Crippen molar-refractivity contribution in [3.63, 3.8) is 0 Å². The summed E-state index contributed by atoms with van der Waals surface area (Å²) in [7, 11) is 0. The third-order valence-electron chi connectivity index (χ3n) is 3.15. The molecule has 1 N–H and O–H groups in total. The van der Waals surface area contributed by atoms with Crippen LogP contribution in [0.1, 0.15) is 56.8 Å². The Morgan fingerprint density at radius 3 is 2.71 bits per heavy atom. The summed E-state index contributed by atoms with van der Waals surface area (Å²) in [5, 5.41) is 4.03. The molecular weight excluding hydrogens is 234 g/mol. The molecule has 4 heteroatoms. The monoisotopic (exact) mass is 253 g/mol. The van der Waals surface area contributed by atoms with Gasteiger partial charge in [-0.1, -0.05) is 24.9 Å². The van der Waals surface area contributed by atoms with Crippen molar-refractivity contribution in [1.82, 2.24) is 9.97 Å². The highest BCUT2D eigenvalue weighted by atomic mass is 35.5. The van der Waals surface area contributed by atoms with E-state index in [0.29, 0.717) is 17.1 Å². The van der Waals surface area contributed by atoms with E-state index in [-0.39, 0.29) is 0 Å². The van der Waals surface area contributed by atoms with Gasteiger partial charge >= 0.3 is 0 Å². The van der Waals surface area contributed by atoms with Crippen molar-refractivity contribution in [1.29, 1.82) is 0 Å². The third-order valence-corrected chi connectivity index (χ3v) is 3.52. The molecule has 1 atom stereocenters. The first kappa shape index (κ1) is 12.6. The number of nitrogens with zero attached hydrogens (tertiary/aromatic N) is 2. The Morgan fingerprint density at radius 1 is 1.41 bits per heavy atom. The fourth-order valence-electron chi connectivity index (χ4n) is 1.91. The third kappa shape index (κ3) is 3.09. The maximum Gasteiger partial charge on any atom is 0.137 e. The molecule has 0 spiro atoms. The number of anilines is 1. The van der Waals surface area contributed by atoms with Crippen LogP contribution in [0.5, 0.6) is 0 Å². The van der Waals surface area contributed by atoms with Gasteiger partial charge in [-0.25, -0.2) is 9.97 Å². The van der Waals surface area contributed by atoms with Gasteiger partial charge in [-0.3, -0.25) is 0 Å². The fraction of sp³-hybridized carbons (Fsp3) is 0.692. The summed E-state index contributed by atoms with van der Waals surface area (Å²) < 4.78 is 0. The quantitative estimate of drug-likeness (QED) is 0.809. The molecule has 17 heavy (non-hydrogen) atoms. The SMILES string of the molecule is CCCC(C)Nc1nc(C2CC2)nc(Cl)c1C. The van der Waals surface area contributed by atoms with Crippen LogP contribution in [0.4, 0.5) is 5.82 Å². The van der Waals surface area contributed by atoms with Crippen LogP contribution >= 0.6 is 11.6 Å². The molecular formula is C13H20ClN3. The normalized spacial score (nSPS) is 16.9. The molecule has 0 saturated heterocycles. The van der Waals surface area contributed by atoms with Crippen molar-refractivity contribution in [3.8, 4) is 0 Å². The van der Waals surface area contributed by atoms with Gasteiger partial charge in [0.1, 0.15) is 16.8 Å². The average molecular weight is 254 g/mol. The summed E-state index contributed by atoms with van der Waals surface area (Å²) in [5.74, 6) is 2.36. The van der Waals surface area contributed by atoms with Crippen LogP contribution in [0.2, 0.25) is 5.15 Å². The number of halogens is 1. The highest BCUT2D eigenvalue weighted by Gasteiger charge is 2.28. The molecule has 0 radical (unpaired) electrons. The standard InChI is InChI=1S/C13H20ClN3/c1-4-5-8(2)15-12-9(3)11(14)16-13(17-12)10-6-7-10/h8,10H,4-7H2,1-3H3,(H,15,16,17). The highest BCUT2D eigenvalue weighted by molar-refractivity contribution is 6.30. The van der Waals surface area contributed by atoms with Crippen molar-refractivity contribution in [2.45, 2.75) is 58.4 Å². The first-order chi connectivity index (χ1) is 8.11. The first-order valence-corrected chi connectivity index (χ1v) is 6.80. The molecule has 1 fully saturated rings. The van der Waals surface area contributed by atoms with Gasteiger partial charge in [0.2, 0.25) is 0 Å². The maximum atomic E-state index is 6.16. The molecule has 0 aliphatic heterocycles. The van der Waals surface area contributed by atoms with Crippen molar-refractivity contribution in [2.24, 2.45) is 0 Å². The van der Waals surface area contributed by atoms with Crippen LogP contribution < -0.4 is 5.32 Å². The van der Waals surface area contributed by atoms with Crippen LogP contribution in [0.3, 0.4) is 0 Å². The zero-order valence-corrected chi connectivity index (χ0v) is 11.5. The predicted molar refractivity (Wildman–Crippen MR) is 71.7 cm³/mol. The lowest BCUT2D eigenvalue weighted by atomic mass is 10.2. The van der Waals surface area contributed by atoms with E-state index in [9.17, 15) is 0 Å². The molecule has 1 aliphatic rings. The molecule has 1 aromatic heterocycles. The number of aromatic nitrogens is 2. The smallest absolute Gasteiger partial charge is 0.137 e. The zero-order valence-electron chi connectivity index (χ0n) is 10.8. The molecule has 2 rings (SSSR count). The predicted octanol–water partition coefficient (Wildman–Crippen LogP) is 3.92. The van der Waals surface area contributed by atoms with Gasteiger partial charge in [-0.2, -0.15) is 0 Å².